The highest BCUT2D eigenvalue weighted by molar-refractivity contribution is 14.0. The number of nitrogens with zero attached hydrogens (tertiary/aromatic N) is 3. The van der Waals surface area contributed by atoms with Crippen molar-refractivity contribution in [1.29, 1.82) is 0 Å². The van der Waals surface area contributed by atoms with Gasteiger partial charge in [0.15, 0.2) is 5.96 Å². The van der Waals surface area contributed by atoms with Crippen LogP contribution < -0.4 is 16.0 Å². The normalized spacial score (nSPS) is 14.5. The maximum atomic E-state index is 13.0. The van der Waals surface area contributed by atoms with Gasteiger partial charge in [0.1, 0.15) is 12.4 Å². The molecular formula is C19H23FIN5O. The zero-order valence-electron chi connectivity index (χ0n) is 14.8. The lowest BCUT2D eigenvalue weighted by Crippen LogP contribution is -2.51. The number of nitrogens with one attached hydrogen (secondary N) is 1. The summed E-state index contributed by atoms with van der Waals surface area (Å²) in [5.74, 6) is -0.0754. The van der Waals surface area contributed by atoms with Crippen molar-refractivity contribution in [3.63, 3.8) is 0 Å². The van der Waals surface area contributed by atoms with E-state index < -0.39 is 0 Å². The van der Waals surface area contributed by atoms with Crippen molar-refractivity contribution in [3.8, 4) is 0 Å². The standard InChI is InChI=1S/C19H22FN5O.HI/c20-15-6-8-17(9-7-15)24-10-12-25(13-11-24)19(21)22-14-18(26)23-16-4-2-1-3-5-16;/h1-9H,10-14H2,(H2,21,22)(H,23,26);1H. The van der Waals surface area contributed by atoms with E-state index in [1.807, 2.05) is 35.2 Å². The molecule has 0 aliphatic carbocycles. The molecule has 1 amide bonds. The second-order valence-corrected chi connectivity index (χ2v) is 6.04. The molecule has 0 unspecified atom stereocenters. The van der Waals surface area contributed by atoms with Crippen molar-refractivity contribution in [1.82, 2.24) is 4.90 Å². The molecule has 1 aliphatic heterocycles. The van der Waals surface area contributed by atoms with Gasteiger partial charge in [-0.1, -0.05) is 18.2 Å². The highest BCUT2D eigenvalue weighted by atomic mass is 127. The molecule has 0 aromatic heterocycles. The largest absolute Gasteiger partial charge is 0.370 e. The number of nitrogens with two attached hydrogens (primary N) is 1. The van der Waals surface area contributed by atoms with Crippen LogP contribution in [0, 0.1) is 5.82 Å². The van der Waals surface area contributed by atoms with E-state index in [2.05, 4.69) is 15.2 Å². The van der Waals surface area contributed by atoms with E-state index in [0.29, 0.717) is 19.0 Å². The number of rotatable bonds is 4. The van der Waals surface area contributed by atoms with Crippen LogP contribution in [0.2, 0.25) is 0 Å². The minimum Gasteiger partial charge on any atom is -0.370 e. The fraction of sp³-hybridized carbons (Fsp3) is 0.263. The van der Waals surface area contributed by atoms with Gasteiger partial charge < -0.3 is 20.9 Å². The number of anilines is 2. The van der Waals surface area contributed by atoms with E-state index in [1.165, 1.54) is 12.1 Å². The van der Waals surface area contributed by atoms with Crippen molar-refractivity contribution in [2.45, 2.75) is 0 Å². The highest BCUT2D eigenvalue weighted by Gasteiger charge is 2.18. The summed E-state index contributed by atoms with van der Waals surface area (Å²) >= 11 is 0. The monoisotopic (exact) mass is 483 g/mol. The SMILES string of the molecule is I.NC(=NCC(=O)Nc1ccccc1)N1CCN(c2ccc(F)cc2)CC1. The number of benzene rings is 2. The molecule has 0 radical (unpaired) electrons. The Bertz CT molecular complexity index is 761. The summed E-state index contributed by atoms with van der Waals surface area (Å²) in [6, 6.07) is 15.7. The maximum absolute atomic E-state index is 13.0. The fourth-order valence-electron chi connectivity index (χ4n) is 2.82. The molecule has 0 saturated carbocycles. The van der Waals surface area contributed by atoms with E-state index in [1.54, 1.807) is 12.1 Å². The van der Waals surface area contributed by atoms with Gasteiger partial charge in [-0.05, 0) is 36.4 Å². The van der Waals surface area contributed by atoms with Crippen LogP contribution in [0.4, 0.5) is 15.8 Å². The van der Waals surface area contributed by atoms with Crippen LogP contribution in [0.5, 0.6) is 0 Å². The summed E-state index contributed by atoms with van der Waals surface area (Å²) in [7, 11) is 0. The van der Waals surface area contributed by atoms with Crippen LogP contribution in [0.15, 0.2) is 59.6 Å². The first-order valence-corrected chi connectivity index (χ1v) is 8.52. The molecule has 27 heavy (non-hydrogen) atoms. The Morgan fingerprint density at radius 3 is 2.30 bits per heavy atom. The van der Waals surface area contributed by atoms with E-state index in [0.717, 1.165) is 24.5 Å². The zero-order valence-corrected chi connectivity index (χ0v) is 17.2. The number of amides is 1. The van der Waals surface area contributed by atoms with Gasteiger partial charge in [-0.2, -0.15) is 0 Å². The van der Waals surface area contributed by atoms with Crippen LogP contribution in [0.1, 0.15) is 0 Å². The zero-order chi connectivity index (χ0) is 18.4. The Balaban J connectivity index is 0.00000261. The number of para-hydroxylation sites is 1. The number of hydrogen-bond donors (Lipinski definition) is 2. The summed E-state index contributed by atoms with van der Waals surface area (Å²) in [4.78, 5) is 20.3. The van der Waals surface area contributed by atoms with Gasteiger partial charge in [0, 0.05) is 37.6 Å². The lowest BCUT2D eigenvalue weighted by Gasteiger charge is -2.36. The third-order valence-electron chi connectivity index (χ3n) is 4.24. The molecule has 6 nitrogen and oxygen atoms in total. The van der Waals surface area contributed by atoms with Crippen molar-refractivity contribution in [2.75, 3.05) is 42.9 Å². The van der Waals surface area contributed by atoms with E-state index in [9.17, 15) is 9.18 Å². The lowest BCUT2D eigenvalue weighted by molar-refractivity contribution is -0.114. The third kappa shape index (κ3) is 6.09. The molecular weight excluding hydrogens is 460 g/mol. The number of halogens is 2. The number of guanidine groups is 1. The predicted octanol–water partition coefficient (Wildman–Crippen LogP) is 2.52. The molecule has 1 heterocycles. The minimum atomic E-state index is -0.238. The molecule has 3 N–H and O–H groups in total. The first kappa shape index (κ1) is 20.9. The Morgan fingerprint density at radius 1 is 1.04 bits per heavy atom. The van der Waals surface area contributed by atoms with Crippen LogP contribution in [-0.2, 0) is 4.79 Å². The smallest absolute Gasteiger partial charge is 0.246 e. The number of piperazine rings is 1. The molecule has 2 aromatic carbocycles. The average Bonchev–Trinajstić information content (AvgIpc) is 2.68. The van der Waals surface area contributed by atoms with Gasteiger partial charge >= 0.3 is 0 Å². The molecule has 1 saturated heterocycles. The van der Waals surface area contributed by atoms with Gasteiger partial charge in [-0.25, -0.2) is 9.38 Å². The Morgan fingerprint density at radius 2 is 1.67 bits per heavy atom. The van der Waals surface area contributed by atoms with Crippen molar-refractivity contribution < 1.29 is 9.18 Å². The van der Waals surface area contributed by atoms with E-state index in [4.69, 9.17) is 5.73 Å². The van der Waals surface area contributed by atoms with Gasteiger partial charge in [-0.15, -0.1) is 24.0 Å². The third-order valence-corrected chi connectivity index (χ3v) is 4.24. The molecule has 0 bridgehead atoms. The second kappa shape index (κ2) is 10.1. The maximum Gasteiger partial charge on any atom is 0.246 e. The lowest BCUT2D eigenvalue weighted by atomic mass is 10.2. The van der Waals surface area contributed by atoms with Gasteiger partial charge in [0.2, 0.25) is 5.91 Å². The quantitative estimate of drug-likeness (QED) is 0.399. The van der Waals surface area contributed by atoms with Crippen LogP contribution in [0.3, 0.4) is 0 Å². The molecule has 0 spiro atoms. The summed E-state index contributed by atoms with van der Waals surface area (Å²) in [6.07, 6.45) is 0. The molecule has 8 heteroatoms. The Labute approximate surface area is 175 Å². The number of carbonyl (C=O) groups excluding carboxylic acids is 1. The van der Waals surface area contributed by atoms with E-state index in [-0.39, 0.29) is 42.2 Å². The molecule has 0 atom stereocenters. The first-order valence-electron chi connectivity index (χ1n) is 8.52. The van der Waals surface area contributed by atoms with Crippen LogP contribution in [0.25, 0.3) is 0 Å². The summed E-state index contributed by atoms with van der Waals surface area (Å²) in [5.41, 5.74) is 7.75. The fourth-order valence-corrected chi connectivity index (χ4v) is 2.82. The van der Waals surface area contributed by atoms with Crippen molar-refractivity contribution >= 4 is 47.2 Å². The summed E-state index contributed by atoms with van der Waals surface area (Å²) < 4.78 is 13.0. The van der Waals surface area contributed by atoms with Gasteiger partial charge in [0.05, 0.1) is 0 Å². The van der Waals surface area contributed by atoms with Crippen LogP contribution >= 0.6 is 24.0 Å². The second-order valence-electron chi connectivity index (χ2n) is 6.04. The Hall–Kier alpha value is -2.36. The molecule has 1 aliphatic rings. The van der Waals surface area contributed by atoms with Crippen molar-refractivity contribution in [3.05, 3.63) is 60.4 Å². The Kier molecular flexibility index (Phi) is 7.83. The number of hydrogen-bond acceptors (Lipinski definition) is 3. The van der Waals surface area contributed by atoms with Gasteiger partial charge in [-0.3, -0.25) is 4.79 Å². The topological polar surface area (TPSA) is 74.0 Å². The average molecular weight is 483 g/mol. The highest BCUT2D eigenvalue weighted by Crippen LogP contribution is 2.16. The van der Waals surface area contributed by atoms with Gasteiger partial charge in [0.25, 0.3) is 0 Å². The first-order chi connectivity index (χ1) is 12.6. The van der Waals surface area contributed by atoms with E-state index >= 15 is 0 Å². The molecule has 1 fully saturated rings. The molecule has 144 valence electrons. The molecule has 2 aromatic rings. The summed E-state index contributed by atoms with van der Waals surface area (Å²) in [5, 5.41) is 2.77. The summed E-state index contributed by atoms with van der Waals surface area (Å²) in [6.45, 7) is 2.91. The number of carbonyl (C=O) groups is 1. The predicted molar refractivity (Wildman–Crippen MR) is 117 cm³/mol. The van der Waals surface area contributed by atoms with Crippen molar-refractivity contribution in [2.24, 2.45) is 10.7 Å². The number of aliphatic imine (C=N–C) groups is 1. The van der Waals surface area contributed by atoms with Crippen LogP contribution in [-0.4, -0.2) is 49.5 Å². The minimum absolute atomic E-state index is 0. The molecule has 3 rings (SSSR count).